The molecule has 124 valence electrons. The highest BCUT2D eigenvalue weighted by Gasteiger charge is 2.14. The fraction of sp³-hybridized carbons (Fsp3) is 0.263. The molecule has 0 saturated heterocycles. The Labute approximate surface area is 139 Å². The predicted molar refractivity (Wildman–Crippen MR) is 88.5 cm³/mol. The van der Waals surface area contributed by atoms with Crippen molar-refractivity contribution in [3.05, 3.63) is 64.5 Å². The van der Waals surface area contributed by atoms with Crippen molar-refractivity contribution in [3.63, 3.8) is 0 Å². The van der Waals surface area contributed by atoms with Gasteiger partial charge in [-0.2, -0.15) is 0 Å². The maximum Gasteiger partial charge on any atom is 0.338 e. The van der Waals surface area contributed by atoms with Crippen LogP contribution in [0.5, 0.6) is 0 Å². The molecular weight excluding hydrogens is 309 g/mol. The first-order valence-corrected chi connectivity index (χ1v) is 7.88. The normalized spacial score (nSPS) is 12.6. The van der Waals surface area contributed by atoms with Crippen LogP contribution in [0.2, 0.25) is 0 Å². The molecule has 24 heavy (non-hydrogen) atoms. The van der Waals surface area contributed by atoms with E-state index in [1.807, 2.05) is 18.2 Å². The quantitative estimate of drug-likeness (QED) is 0.876. The molecule has 3 rings (SSSR count). The number of carbonyl (C=O) groups excluding carboxylic acids is 2. The van der Waals surface area contributed by atoms with Gasteiger partial charge in [0.25, 0.3) is 5.91 Å². The molecule has 0 radical (unpaired) electrons. The van der Waals surface area contributed by atoms with Crippen LogP contribution in [-0.2, 0) is 22.4 Å². The van der Waals surface area contributed by atoms with Gasteiger partial charge in [-0.15, -0.1) is 0 Å². The summed E-state index contributed by atoms with van der Waals surface area (Å²) in [5, 5.41) is 2.71. The number of fused-ring (bicyclic) bond motifs is 1. The van der Waals surface area contributed by atoms with E-state index in [-0.39, 0.29) is 5.56 Å². The third-order valence-corrected chi connectivity index (χ3v) is 4.12. The molecule has 4 nitrogen and oxygen atoms in total. The minimum atomic E-state index is -0.724. The zero-order valence-corrected chi connectivity index (χ0v) is 13.4. The minimum Gasteiger partial charge on any atom is -0.452 e. The van der Waals surface area contributed by atoms with Gasteiger partial charge in [0.1, 0.15) is 5.82 Å². The van der Waals surface area contributed by atoms with Gasteiger partial charge >= 0.3 is 5.97 Å². The second-order valence-electron chi connectivity index (χ2n) is 5.93. The number of hydrogen-bond donors (Lipinski definition) is 1. The summed E-state index contributed by atoms with van der Waals surface area (Å²) in [6.07, 6.45) is 3.23. The van der Waals surface area contributed by atoms with E-state index in [0.29, 0.717) is 11.3 Å². The largest absolute Gasteiger partial charge is 0.452 e. The van der Waals surface area contributed by atoms with E-state index in [1.54, 1.807) is 6.92 Å². The number of esters is 1. The summed E-state index contributed by atoms with van der Waals surface area (Å²) in [4.78, 5) is 23.8. The van der Waals surface area contributed by atoms with E-state index >= 15 is 0 Å². The Kier molecular flexibility index (Phi) is 4.60. The molecule has 0 aromatic heterocycles. The van der Waals surface area contributed by atoms with Gasteiger partial charge in [0.15, 0.2) is 6.61 Å². The number of hydrogen-bond acceptors (Lipinski definition) is 3. The second-order valence-corrected chi connectivity index (χ2v) is 5.93. The summed E-state index contributed by atoms with van der Waals surface area (Å²) >= 11 is 0. The highest BCUT2D eigenvalue weighted by Crippen LogP contribution is 2.24. The van der Waals surface area contributed by atoms with Crippen LogP contribution >= 0.6 is 0 Å². The average Bonchev–Trinajstić information content (AvgIpc) is 3.03. The van der Waals surface area contributed by atoms with E-state index in [1.165, 1.54) is 23.3 Å². The molecule has 0 atom stereocenters. The van der Waals surface area contributed by atoms with Crippen molar-refractivity contribution in [2.45, 2.75) is 26.2 Å². The molecular formula is C19H18FNO3. The Morgan fingerprint density at radius 2 is 1.92 bits per heavy atom. The zero-order valence-electron chi connectivity index (χ0n) is 13.4. The van der Waals surface area contributed by atoms with E-state index < -0.39 is 24.3 Å². The molecule has 1 amide bonds. The highest BCUT2D eigenvalue weighted by atomic mass is 19.1. The number of amides is 1. The molecule has 1 N–H and O–H groups in total. The maximum atomic E-state index is 13.4. The van der Waals surface area contributed by atoms with Crippen molar-refractivity contribution >= 4 is 17.6 Å². The van der Waals surface area contributed by atoms with E-state index in [4.69, 9.17) is 4.74 Å². The first kappa shape index (κ1) is 16.2. The lowest BCUT2D eigenvalue weighted by molar-refractivity contribution is -0.119. The number of ether oxygens (including phenoxy) is 1. The molecule has 0 aliphatic heterocycles. The van der Waals surface area contributed by atoms with Crippen molar-refractivity contribution in [1.29, 1.82) is 0 Å². The average molecular weight is 327 g/mol. The SMILES string of the molecule is Cc1ccc(C(=O)OCC(=O)Nc2ccc3c(c2)CCC3)cc1F. The monoisotopic (exact) mass is 327 g/mol. The zero-order chi connectivity index (χ0) is 17.1. The lowest BCUT2D eigenvalue weighted by Crippen LogP contribution is -2.21. The van der Waals surface area contributed by atoms with Crippen molar-refractivity contribution in [2.75, 3.05) is 11.9 Å². The van der Waals surface area contributed by atoms with Crippen LogP contribution in [0.15, 0.2) is 36.4 Å². The smallest absolute Gasteiger partial charge is 0.338 e. The van der Waals surface area contributed by atoms with Crippen molar-refractivity contribution < 1.29 is 18.7 Å². The van der Waals surface area contributed by atoms with Gasteiger partial charge in [-0.25, -0.2) is 9.18 Å². The Hall–Kier alpha value is -2.69. The van der Waals surface area contributed by atoms with Gasteiger partial charge < -0.3 is 10.1 Å². The molecule has 2 aromatic rings. The molecule has 2 aromatic carbocycles. The van der Waals surface area contributed by atoms with Gasteiger partial charge in [-0.05, 0) is 67.1 Å². The molecule has 0 spiro atoms. The summed E-state index contributed by atoms with van der Waals surface area (Å²) in [6.45, 7) is 1.19. The summed E-state index contributed by atoms with van der Waals surface area (Å²) in [6, 6.07) is 9.89. The number of anilines is 1. The number of rotatable bonds is 4. The Morgan fingerprint density at radius 1 is 1.12 bits per heavy atom. The lowest BCUT2D eigenvalue weighted by Gasteiger charge is -2.08. The summed E-state index contributed by atoms with van der Waals surface area (Å²) < 4.78 is 18.4. The van der Waals surface area contributed by atoms with Gasteiger partial charge in [0.05, 0.1) is 5.56 Å². The maximum absolute atomic E-state index is 13.4. The van der Waals surface area contributed by atoms with Gasteiger partial charge in [-0.3, -0.25) is 4.79 Å². The van der Waals surface area contributed by atoms with Crippen molar-refractivity contribution in [2.24, 2.45) is 0 Å². The van der Waals surface area contributed by atoms with E-state index in [9.17, 15) is 14.0 Å². The summed E-state index contributed by atoms with van der Waals surface area (Å²) in [7, 11) is 0. The topological polar surface area (TPSA) is 55.4 Å². The third-order valence-electron chi connectivity index (χ3n) is 4.12. The fourth-order valence-corrected chi connectivity index (χ4v) is 2.78. The van der Waals surface area contributed by atoms with Crippen LogP contribution in [0.1, 0.15) is 33.5 Å². The molecule has 0 saturated carbocycles. The minimum absolute atomic E-state index is 0.0865. The van der Waals surface area contributed by atoms with Gasteiger partial charge in [0.2, 0.25) is 0 Å². The molecule has 5 heteroatoms. The van der Waals surface area contributed by atoms with Gasteiger partial charge in [-0.1, -0.05) is 12.1 Å². The van der Waals surface area contributed by atoms with Crippen molar-refractivity contribution in [3.8, 4) is 0 Å². The number of carbonyl (C=O) groups is 2. The van der Waals surface area contributed by atoms with Crippen LogP contribution in [0.25, 0.3) is 0 Å². The number of nitrogens with one attached hydrogen (secondary N) is 1. The molecule has 1 aliphatic rings. The number of aryl methyl sites for hydroxylation is 3. The van der Waals surface area contributed by atoms with Crippen LogP contribution in [0, 0.1) is 12.7 Å². The lowest BCUT2D eigenvalue weighted by atomic mass is 10.1. The molecule has 0 fully saturated rings. The second kappa shape index (κ2) is 6.83. The summed E-state index contributed by atoms with van der Waals surface area (Å²) in [5.74, 6) is -1.63. The van der Waals surface area contributed by atoms with Crippen molar-refractivity contribution in [1.82, 2.24) is 0 Å². The van der Waals surface area contributed by atoms with E-state index in [0.717, 1.165) is 25.3 Å². The fourth-order valence-electron chi connectivity index (χ4n) is 2.78. The van der Waals surface area contributed by atoms with Crippen LogP contribution in [-0.4, -0.2) is 18.5 Å². The standard InChI is InChI=1S/C19H18FNO3/c1-12-5-6-15(10-17(12)20)19(23)24-11-18(22)21-16-8-7-13-3-2-4-14(13)9-16/h5-10H,2-4,11H2,1H3,(H,21,22). The van der Waals surface area contributed by atoms with Crippen LogP contribution < -0.4 is 5.32 Å². The van der Waals surface area contributed by atoms with Gasteiger partial charge in [0, 0.05) is 5.69 Å². The van der Waals surface area contributed by atoms with Crippen LogP contribution in [0.3, 0.4) is 0 Å². The molecule has 0 bridgehead atoms. The third kappa shape index (κ3) is 3.62. The first-order valence-electron chi connectivity index (χ1n) is 7.88. The Morgan fingerprint density at radius 3 is 2.71 bits per heavy atom. The molecule has 1 aliphatic carbocycles. The molecule has 0 unspecified atom stereocenters. The number of benzene rings is 2. The molecule has 0 heterocycles. The number of halogens is 1. The Balaban J connectivity index is 1.55. The van der Waals surface area contributed by atoms with E-state index in [2.05, 4.69) is 5.32 Å². The highest BCUT2D eigenvalue weighted by molar-refractivity contribution is 5.95. The first-order chi connectivity index (χ1) is 11.5. The predicted octanol–water partition coefficient (Wildman–Crippen LogP) is 3.42. The summed E-state index contributed by atoms with van der Waals surface area (Å²) in [5.41, 5.74) is 3.79. The van der Waals surface area contributed by atoms with Crippen LogP contribution in [0.4, 0.5) is 10.1 Å². The Bertz CT molecular complexity index is 801.